The number of aryl methyl sites for hydroxylation is 1. The largest absolute Gasteiger partial charge is 0.423 e. The van der Waals surface area contributed by atoms with Gasteiger partial charge in [0.25, 0.3) is 5.69 Å². The highest BCUT2D eigenvalue weighted by Gasteiger charge is 2.11. The molecule has 6 heteroatoms. The summed E-state index contributed by atoms with van der Waals surface area (Å²) in [7, 11) is 0. The average Bonchev–Trinajstić information content (AvgIpc) is 2.46. The van der Waals surface area contributed by atoms with Crippen LogP contribution in [0.4, 0.5) is 10.1 Å². The predicted molar refractivity (Wildman–Crippen MR) is 78.9 cm³/mol. The van der Waals surface area contributed by atoms with Crippen LogP contribution in [0.2, 0.25) is 0 Å². The van der Waals surface area contributed by atoms with E-state index < -0.39 is 10.9 Å². The standard InChI is InChI=1S/C16H12FNO4/c1-11-10-14(7-8-15(11)18(20)21)22-16(19)9-4-12-2-5-13(17)6-3-12/h2-10H,1H3/b9-4+. The monoisotopic (exact) mass is 301 g/mol. The van der Waals surface area contributed by atoms with Crippen molar-refractivity contribution in [2.75, 3.05) is 0 Å². The molecular weight excluding hydrogens is 289 g/mol. The normalized spacial score (nSPS) is 10.6. The molecule has 0 aliphatic carbocycles. The Hall–Kier alpha value is -3.02. The second-order valence-electron chi connectivity index (χ2n) is 4.51. The maximum absolute atomic E-state index is 12.7. The average molecular weight is 301 g/mol. The van der Waals surface area contributed by atoms with Crippen LogP contribution >= 0.6 is 0 Å². The number of halogens is 1. The third kappa shape index (κ3) is 3.99. The fourth-order valence-electron chi connectivity index (χ4n) is 1.78. The lowest BCUT2D eigenvalue weighted by Crippen LogP contribution is -2.04. The number of benzene rings is 2. The van der Waals surface area contributed by atoms with Gasteiger partial charge >= 0.3 is 5.97 Å². The molecule has 5 nitrogen and oxygen atoms in total. The molecule has 0 aliphatic rings. The Morgan fingerprint density at radius 1 is 1.23 bits per heavy atom. The number of esters is 1. The Labute approximate surface area is 125 Å². The van der Waals surface area contributed by atoms with Gasteiger partial charge in [0.15, 0.2) is 0 Å². The summed E-state index contributed by atoms with van der Waals surface area (Å²) in [6.45, 7) is 1.56. The van der Waals surface area contributed by atoms with Crippen LogP contribution in [0.1, 0.15) is 11.1 Å². The first-order chi connectivity index (χ1) is 10.5. The second kappa shape index (κ2) is 6.62. The molecule has 0 bridgehead atoms. The molecule has 0 aromatic heterocycles. The van der Waals surface area contributed by atoms with Crippen molar-refractivity contribution in [3.05, 3.63) is 75.6 Å². The van der Waals surface area contributed by atoms with Gasteiger partial charge in [0.1, 0.15) is 11.6 Å². The summed E-state index contributed by atoms with van der Waals surface area (Å²) in [6, 6.07) is 9.66. The molecule has 0 heterocycles. The van der Waals surface area contributed by atoms with Gasteiger partial charge in [-0.3, -0.25) is 10.1 Å². The van der Waals surface area contributed by atoms with Crippen molar-refractivity contribution < 1.29 is 18.8 Å². The minimum Gasteiger partial charge on any atom is -0.423 e. The lowest BCUT2D eigenvalue weighted by Gasteiger charge is -2.03. The van der Waals surface area contributed by atoms with E-state index in [0.717, 1.165) is 0 Å². The van der Waals surface area contributed by atoms with Crippen LogP contribution in [0.25, 0.3) is 6.08 Å². The number of hydrogen-bond donors (Lipinski definition) is 0. The van der Waals surface area contributed by atoms with Crippen LogP contribution < -0.4 is 4.74 Å². The summed E-state index contributed by atoms with van der Waals surface area (Å²) in [6.07, 6.45) is 2.68. The van der Waals surface area contributed by atoms with Crippen LogP contribution in [-0.4, -0.2) is 10.9 Å². The molecule has 2 rings (SSSR count). The molecular formula is C16H12FNO4. The molecule has 0 aliphatic heterocycles. The third-order valence-electron chi connectivity index (χ3n) is 2.87. The number of carbonyl (C=O) groups excluding carboxylic acids is 1. The Kier molecular flexibility index (Phi) is 4.63. The number of rotatable bonds is 4. The SMILES string of the molecule is Cc1cc(OC(=O)/C=C/c2ccc(F)cc2)ccc1[N+](=O)[O-]. The number of hydrogen-bond acceptors (Lipinski definition) is 4. The first kappa shape index (κ1) is 15.4. The summed E-state index contributed by atoms with van der Waals surface area (Å²) in [5.74, 6) is -0.768. The topological polar surface area (TPSA) is 69.4 Å². The molecule has 0 saturated carbocycles. The van der Waals surface area contributed by atoms with Gasteiger partial charge < -0.3 is 4.74 Å². The molecule has 0 N–H and O–H groups in total. The summed E-state index contributed by atoms with van der Waals surface area (Å²) in [5, 5.41) is 10.7. The maximum atomic E-state index is 12.7. The molecule has 0 atom stereocenters. The Morgan fingerprint density at radius 3 is 2.50 bits per heavy atom. The number of carbonyl (C=O) groups is 1. The van der Waals surface area contributed by atoms with E-state index in [-0.39, 0.29) is 17.3 Å². The molecule has 0 amide bonds. The molecule has 0 spiro atoms. The number of nitro groups is 1. The van der Waals surface area contributed by atoms with Crippen LogP contribution in [0.5, 0.6) is 5.75 Å². The van der Waals surface area contributed by atoms with Crippen LogP contribution in [-0.2, 0) is 4.79 Å². The van der Waals surface area contributed by atoms with Gasteiger partial charge in [-0.25, -0.2) is 9.18 Å². The van der Waals surface area contributed by atoms with Crippen LogP contribution in [0, 0.1) is 22.9 Å². The molecule has 0 fully saturated rings. The quantitative estimate of drug-likeness (QED) is 0.284. The van der Waals surface area contributed by atoms with Crippen molar-refractivity contribution in [3.8, 4) is 5.75 Å². The second-order valence-corrected chi connectivity index (χ2v) is 4.51. The van der Waals surface area contributed by atoms with E-state index in [1.165, 1.54) is 54.6 Å². The van der Waals surface area contributed by atoms with Gasteiger partial charge in [0, 0.05) is 17.7 Å². The fourth-order valence-corrected chi connectivity index (χ4v) is 1.78. The first-order valence-corrected chi connectivity index (χ1v) is 6.36. The van der Waals surface area contributed by atoms with E-state index in [9.17, 15) is 19.3 Å². The fraction of sp³-hybridized carbons (Fsp3) is 0.0625. The number of ether oxygens (including phenoxy) is 1. The highest BCUT2D eigenvalue weighted by molar-refractivity contribution is 5.88. The van der Waals surface area contributed by atoms with Crippen molar-refractivity contribution in [1.29, 1.82) is 0 Å². The van der Waals surface area contributed by atoms with Crippen molar-refractivity contribution in [2.24, 2.45) is 0 Å². The molecule has 112 valence electrons. The lowest BCUT2D eigenvalue weighted by atomic mass is 10.2. The van der Waals surface area contributed by atoms with E-state index in [4.69, 9.17) is 4.74 Å². The van der Waals surface area contributed by atoms with Crippen LogP contribution in [0.15, 0.2) is 48.5 Å². The van der Waals surface area contributed by atoms with E-state index in [1.54, 1.807) is 6.92 Å². The van der Waals surface area contributed by atoms with Gasteiger partial charge in [-0.1, -0.05) is 12.1 Å². The summed E-state index contributed by atoms with van der Waals surface area (Å²) >= 11 is 0. The molecule has 22 heavy (non-hydrogen) atoms. The summed E-state index contributed by atoms with van der Waals surface area (Å²) in [4.78, 5) is 21.9. The van der Waals surface area contributed by atoms with Crippen LogP contribution in [0.3, 0.4) is 0 Å². The summed E-state index contributed by atoms with van der Waals surface area (Å²) < 4.78 is 17.8. The highest BCUT2D eigenvalue weighted by Crippen LogP contribution is 2.23. The molecule has 2 aromatic carbocycles. The third-order valence-corrected chi connectivity index (χ3v) is 2.87. The molecule has 0 saturated heterocycles. The smallest absolute Gasteiger partial charge is 0.336 e. The van der Waals surface area contributed by atoms with Crippen molar-refractivity contribution >= 4 is 17.7 Å². The van der Waals surface area contributed by atoms with E-state index in [0.29, 0.717) is 11.1 Å². The van der Waals surface area contributed by atoms with E-state index in [2.05, 4.69) is 0 Å². The van der Waals surface area contributed by atoms with Crippen molar-refractivity contribution in [2.45, 2.75) is 6.92 Å². The van der Waals surface area contributed by atoms with E-state index >= 15 is 0 Å². The van der Waals surface area contributed by atoms with Crippen molar-refractivity contribution in [3.63, 3.8) is 0 Å². The molecule has 2 aromatic rings. The molecule has 0 radical (unpaired) electrons. The zero-order valence-electron chi connectivity index (χ0n) is 11.7. The Bertz CT molecular complexity index is 738. The Morgan fingerprint density at radius 2 is 1.91 bits per heavy atom. The van der Waals surface area contributed by atoms with Gasteiger partial charge in [0.2, 0.25) is 0 Å². The number of nitro benzene ring substituents is 1. The van der Waals surface area contributed by atoms with Crippen molar-refractivity contribution in [1.82, 2.24) is 0 Å². The Balaban J connectivity index is 2.04. The first-order valence-electron chi connectivity index (χ1n) is 6.36. The maximum Gasteiger partial charge on any atom is 0.336 e. The summed E-state index contributed by atoms with van der Waals surface area (Å²) in [5.41, 5.74) is 1.01. The van der Waals surface area contributed by atoms with Gasteiger partial charge in [0.05, 0.1) is 4.92 Å². The molecule has 0 unspecified atom stereocenters. The highest BCUT2D eigenvalue weighted by atomic mass is 19.1. The zero-order chi connectivity index (χ0) is 16.1. The van der Waals surface area contributed by atoms with E-state index in [1.807, 2.05) is 0 Å². The lowest BCUT2D eigenvalue weighted by molar-refractivity contribution is -0.385. The van der Waals surface area contributed by atoms with Gasteiger partial charge in [-0.15, -0.1) is 0 Å². The van der Waals surface area contributed by atoms with Gasteiger partial charge in [-0.05, 0) is 42.8 Å². The predicted octanol–water partition coefficient (Wildman–Crippen LogP) is 3.66. The minimum absolute atomic E-state index is 0.0401. The minimum atomic E-state index is -0.627. The van der Waals surface area contributed by atoms with Gasteiger partial charge in [-0.2, -0.15) is 0 Å². The zero-order valence-corrected chi connectivity index (χ0v) is 11.7. The number of nitrogens with zero attached hydrogens (tertiary/aromatic N) is 1.